The SMILES string of the molecule is O=S(=O)(Nc1ccc2c3c(cccc13)CC2)c1cc(F)ccc1F. The Morgan fingerprint density at radius 3 is 2.46 bits per heavy atom. The van der Waals surface area contributed by atoms with Crippen molar-refractivity contribution in [1.29, 1.82) is 0 Å². The molecule has 4 rings (SSSR count). The molecule has 3 aromatic rings. The molecule has 1 aliphatic rings. The van der Waals surface area contributed by atoms with Crippen LogP contribution in [-0.2, 0) is 22.9 Å². The van der Waals surface area contributed by atoms with Gasteiger partial charge >= 0.3 is 0 Å². The summed E-state index contributed by atoms with van der Waals surface area (Å²) >= 11 is 0. The molecule has 24 heavy (non-hydrogen) atoms. The van der Waals surface area contributed by atoms with Crippen molar-refractivity contribution in [2.45, 2.75) is 17.7 Å². The monoisotopic (exact) mass is 345 g/mol. The van der Waals surface area contributed by atoms with E-state index in [-0.39, 0.29) is 0 Å². The molecule has 0 aliphatic heterocycles. The molecule has 3 nitrogen and oxygen atoms in total. The van der Waals surface area contributed by atoms with Crippen molar-refractivity contribution in [2.24, 2.45) is 0 Å². The lowest BCUT2D eigenvalue weighted by Crippen LogP contribution is -2.15. The van der Waals surface area contributed by atoms with E-state index in [0.717, 1.165) is 35.7 Å². The summed E-state index contributed by atoms with van der Waals surface area (Å²) in [6.07, 6.45) is 1.84. The van der Waals surface area contributed by atoms with Crippen molar-refractivity contribution in [3.8, 4) is 0 Å². The van der Waals surface area contributed by atoms with Gasteiger partial charge in [0.2, 0.25) is 0 Å². The van der Waals surface area contributed by atoms with Crippen LogP contribution in [0.4, 0.5) is 14.5 Å². The second-order valence-corrected chi connectivity index (χ2v) is 7.44. The highest BCUT2D eigenvalue weighted by Crippen LogP contribution is 2.35. The second-order valence-electron chi connectivity index (χ2n) is 5.79. The lowest BCUT2D eigenvalue weighted by molar-refractivity contribution is 0.555. The van der Waals surface area contributed by atoms with Crippen molar-refractivity contribution in [3.05, 3.63) is 71.3 Å². The van der Waals surface area contributed by atoms with E-state index in [0.29, 0.717) is 11.8 Å². The van der Waals surface area contributed by atoms with Crippen molar-refractivity contribution in [3.63, 3.8) is 0 Å². The Balaban J connectivity index is 1.84. The predicted molar refractivity (Wildman–Crippen MR) is 88.5 cm³/mol. The third-order valence-electron chi connectivity index (χ3n) is 4.30. The fourth-order valence-corrected chi connectivity index (χ4v) is 4.39. The Hall–Kier alpha value is -2.47. The number of rotatable bonds is 3. The fraction of sp³-hybridized carbons (Fsp3) is 0.111. The van der Waals surface area contributed by atoms with E-state index < -0.39 is 26.6 Å². The zero-order chi connectivity index (χ0) is 16.9. The molecule has 1 aliphatic carbocycles. The van der Waals surface area contributed by atoms with Crippen molar-refractivity contribution in [1.82, 2.24) is 0 Å². The highest BCUT2D eigenvalue weighted by Gasteiger charge is 2.22. The smallest absolute Gasteiger partial charge is 0.264 e. The number of anilines is 1. The third-order valence-corrected chi connectivity index (χ3v) is 5.68. The van der Waals surface area contributed by atoms with Gasteiger partial charge in [-0.1, -0.05) is 24.3 Å². The summed E-state index contributed by atoms with van der Waals surface area (Å²) in [6, 6.07) is 11.6. The van der Waals surface area contributed by atoms with E-state index in [4.69, 9.17) is 0 Å². The molecule has 0 spiro atoms. The highest BCUT2D eigenvalue weighted by atomic mass is 32.2. The summed E-state index contributed by atoms with van der Waals surface area (Å²) in [7, 11) is -4.23. The maximum absolute atomic E-state index is 13.8. The van der Waals surface area contributed by atoms with Crippen LogP contribution >= 0.6 is 0 Å². The molecular weight excluding hydrogens is 332 g/mol. The number of aryl methyl sites for hydroxylation is 2. The molecule has 0 unspecified atom stereocenters. The zero-order valence-corrected chi connectivity index (χ0v) is 13.3. The Morgan fingerprint density at radius 2 is 1.67 bits per heavy atom. The molecule has 1 N–H and O–H groups in total. The number of benzene rings is 3. The van der Waals surface area contributed by atoms with Crippen LogP contribution in [0.1, 0.15) is 11.1 Å². The Bertz CT molecular complexity index is 1070. The predicted octanol–water partition coefficient (Wildman–Crippen LogP) is 4.02. The maximum Gasteiger partial charge on any atom is 0.264 e. The van der Waals surface area contributed by atoms with Crippen LogP contribution in [0, 0.1) is 11.6 Å². The second kappa shape index (κ2) is 5.27. The molecular formula is C18H13F2NO2S. The number of nitrogens with one attached hydrogen (secondary N) is 1. The normalized spacial score (nSPS) is 13.4. The molecule has 0 aromatic heterocycles. The number of sulfonamides is 1. The van der Waals surface area contributed by atoms with Gasteiger partial charge in [0.05, 0.1) is 5.69 Å². The number of hydrogen-bond acceptors (Lipinski definition) is 2. The van der Waals surface area contributed by atoms with Gasteiger partial charge in [-0.05, 0) is 53.6 Å². The van der Waals surface area contributed by atoms with Gasteiger partial charge in [0.15, 0.2) is 0 Å². The largest absolute Gasteiger partial charge is 0.279 e. The Morgan fingerprint density at radius 1 is 0.917 bits per heavy atom. The number of hydrogen-bond donors (Lipinski definition) is 1. The average Bonchev–Trinajstić information content (AvgIpc) is 2.97. The molecule has 0 saturated carbocycles. The molecule has 3 aromatic carbocycles. The van der Waals surface area contributed by atoms with Crippen molar-refractivity contribution in [2.75, 3.05) is 4.72 Å². The van der Waals surface area contributed by atoms with Crippen LogP contribution in [0.3, 0.4) is 0 Å². The van der Waals surface area contributed by atoms with Crippen LogP contribution in [0.15, 0.2) is 53.4 Å². The minimum atomic E-state index is -4.23. The molecule has 0 fully saturated rings. The van der Waals surface area contributed by atoms with Gasteiger partial charge < -0.3 is 0 Å². The van der Waals surface area contributed by atoms with E-state index >= 15 is 0 Å². The number of halogens is 2. The van der Waals surface area contributed by atoms with E-state index in [1.165, 1.54) is 11.1 Å². The zero-order valence-electron chi connectivity index (χ0n) is 12.5. The van der Waals surface area contributed by atoms with Gasteiger partial charge in [0.1, 0.15) is 16.5 Å². The molecule has 6 heteroatoms. The van der Waals surface area contributed by atoms with E-state index in [1.54, 1.807) is 6.07 Å². The van der Waals surface area contributed by atoms with Crippen LogP contribution in [0.5, 0.6) is 0 Å². The summed E-state index contributed by atoms with van der Waals surface area (Å²) in [4.78, 5) is -0.703. The fourth-order valence-electron chi connectivity index (χ4n) is 3.22. The van der Waals surface area contributed by atoms with Gasteiger partial charge in [0.25, 0.3) is 10.0 Å². The van der Waals surface area contributed by atoms with Crippen LogP contribution < -0.4 is 4.72 Å². The summed E-state index contributed by atoms with van der Waals surface area (Å²) < 4.78 is 54.5. The van der Waals surface area contributed by atoms with Gasteiger partial charge in [-0.2, -0.15) is 0 Å². The first-order chi connectivity index (χ1) is 11.5. The van der Waals surface area contributed by atoms with Crippen molar-refractivity contribution < 1.29 is 17.2 Å². The molecule has 0 amide bonds. The maximum atomic E-state index is 13.8. The first-order valence-electron chi connectivity index (χ1n) is 7.47. The minimum absolute atomic E-state index is 0.362. The molecule has 0 bridgehead atoms. The van der Waals surface area contributed by atoms with Gasteiger partial charge in [-0.3, -0.25) is 4.72 Å². The van der Waals surface area contributed by atoms with E-state index in [1.807, 2.05) is 24.3 Å². The molecule has 0 radical (unpaired) electrons. The first-order valence-corrected chi connectivity index (χ1v) is 8.95. The van der Waals surface area contributed by atoms with E-state index in [9.17, 15) is 17.2 Å². The standard InChI is InChI=1S/C18H13F2NO2S/c19-13-7-8-15(20)17(10-13)24(22,23)21-16-9-6-12-5-4-11-2-1-3-14(16)18(11)12/h1-3,6-10,21H,4-5H2. The average molecular weight is 345 g/mol. The van der Waals surface area contributed by atoms with Crippen LogP contribution in [-0.4, -0.2) is 8.42 Å². The minimum Gasteiger partial charge on any atom is -0.279 e. The molecule has 0 atom stereocenters. The highest BCUT2D eigenvalue weighted by molar-refractivity contribution is 7.92. The molecule has 122 valence electrons. The summed E-state index contributed by atoms with van der Waals surface area (Å²) in [5, 5.41) is 1.81. The topological polar surface area (TPSA) is 46.2 Å². The summed E-state index contributed by atoms with van der Waals surface area (Å²) in [5.41, 5.74) is 2.70. The van der Waals surface area contributed by atoms with Gasteiger partial charge in [-0.15, -0.1) is 0 Å². The Kier molecular flexibility index (Phi) is 3.31. The lowest BCUT2D eigenvalue weighted by atomic mass is 10.0. The quantitative estimate of drug-likeness (QED) is 0.779. The third kappa shape index (κ3) is 2.34. The summed E-state index contributed by atoms with van der Waals surface area (Å²) in [6.45, 7) is 0. The van der Waals surface area contributed by atoms with E-state index in [2.05, 4.69) is 4.72 Å². The Labute approximate surface area is 138 Å². The lowest BCUT2D eigenvalue weighted by Gasteiger charge is -2.12. The molecule has 0 saturated heterocycles. The molecule has 0 heterocycles. The van der Waals surface area contributed by atoms with Crippen LogP contribution in [0.25, 0.3) is 10.8 Å². The first kappa shape index (κ1) is 15.1. The van der Waals surface area contributed by atoms with Gasteiger partial charge in [-0.25, -0.2) is 17.2 Å². The van der Waals surface area contributed by atoms with Crippen molar-refractivity contribution >= 4 is 26.5 Å². The van der Waals surface area contributed by atoms with Crippen LogP contribution in [0.2, 0.25) is 0 Å². The van der Waals surface area contributed by atoms with Gasteiger partial charge in [0, 0.05) is 5.39 Å². The summed E-state index contributed by atoms with van der Waals surface area (Å²) in [5.74, 6) is -1.80.